The van der Waals surface area contributed by atoms with Crippen LogP contribution in [0.15, 0.2) is 4.99 Å². The van der Waals surface area contributed by atoms with E-state index >= 15 is 0 Å². The van der Waals surface area contributed by atoms with Gasteiger partial charge in [0.05, 0.1) is 0 Å². The van der Waals surface area contributed by atoms with Gasteiger partial charge in [0, 0.05) is 5.41 Å². The Hall–Kier alpha value is -0.660. The van der Waals surface area contributed by atoms with Crippen molar-refractivity contribution in [3.05, 3.63) is 0 Å². The number of nitrogens with zero attached hydrogens (tertiary/aromatic N) is 1. The molecule has 0 aromatic rings. The van der Waals surface area contributed by atoms with Gasteiger partial charge in [-0.3, -0.25) is 0 Å². The topological polar surface area (TPSA) is 49.7 Å². The van der Waals surface area contributed by atoms with Crippen LogP contribution >= 0.6 is 0 Å². The maximum absolute atomic E-state index is 9.73. The third-order valence-corrected chi connectivity index (χ3v) is 1.79. The van der Waals surface area contributed by atoms with Gasteiger partial charge in [-0.15, -0.1) is 0 Å². The van der Waals surface area contributed by atoms with E-state index in [-0.39, 0.29) is 5.41 Å². The highest BCUT2D eigenvalue weighted by Gasteiger charge is 2.24. The number of hydrogen-bond donors (Lipinski definition) is 1. The average Bonchev–Trinajstić information content (AvgIpc) is 1.89. The first-order valence-corrected chi connectivity index (χ1v) is 3.29. The van der Waals surface area contributed by atoms with Crippen molar-refractivity contribution in [2.24, 2.45) is 10.4 Å². The number of isocyanates is 1. The van der Waals surface area contributed by atoms with Gasteiger partial charge in [-0.2, -0.15) is 4.99 Å². The first kappa shape index (κ1) is 9.34. The van der Waals surface area contributed by atoms with Crippen LogP contribution in [0.1, 0.15) is 27.2 Å². The lowest BCUT2D eigenvalue weighted by atomic mass is 9.88. The van der Waals surface area contributed by atoms with Crippen LogP contribution in [0.5, 0.6) is 0 Å². The molecular weight excluding hydrogens is 130 g/mol. The summed E-state index contributed by atoms with van der Waals surface area (Å²) in [6.07, 6.45) is 1.19. The molecule has 0 spiro atoms. The fraction of sp³-hybridized carbons (Fsp3) is 0.857. The molecule has 3 nitrogen and oxygen atoms in total. The first-order chi connectivity index (χ1) is 4.54. The minimum absolute atomic E-state index is 0.322. The zero-order valence-electron chi connectivity index (χ0n) is 6.59. The molecule has 0 saturated carbocycles. The predicted molar refractivity (Wildman–Crippen MR) is 38.2 cm³/mol. The molecule has 1 atom stereocenters. The van der Waals surface area contributed by atoms with Crippen LogP contribution in [0.25, 0.3) is 0 Å². The van der Waals surface area contributed by atoms with E-state index in [1.165, 1.54) is 6.08 Å². The zero-order chi connectivity index (χ0) is 8.20. The molecule has 0 amide bonds. The van der Waals surface area contributed by atoms with Crippen LogP contribution in [-0.2, 0) is 4.79 Å². The van der Waals surface area contributed by atoms with E-state index in [0.29, 0.717) is 0 Å². The Labute approximate surface area is 60.8 Å². The molecule has 0 aliphatic rings. The van der Waals surface area contributed by atoms with Crippen molar-refractivity contribution in [3.8, 4) is 0 Å². The quantitative estimate of drug-likeness (QED) is 0.474. The molecule has 0 radical (unpaired) electrons. The van der Waals surface area contributed by atoms with Crippen LogP contribution in [-0.4, -0.2) is 17.4 Å². The van der Waals surface area contributed by atoms with Gasteiger partial charge in [0.1, 0.15) is 0 Å². The van der Waals surface area contributed by atoms with Crippen molar-refractivity contribution in [2.45, 2.75) is 33.4 Å². The third-order valence-electron chi connectivity index (χ3n) is 1.79. The lowest BCUT2D eigenvalue weighted by molar-refractivity contribution is 0.0553. The van der Waals surface area contributed by atoms with E-state index in [4.69, 9.17) is 5.11 Å². The van der Waals surface area contributed by atoms with E-state index in [2.05, 4.69) is 4.99 Å². The Bertz CT molecular complexity index is 148. The summed E-state index contributed by atoms with van der Waals surface area (Å²) in [6.45, 7) is 5.63. The van der Waals surface area contributed by atoms with Crippen molar-refractivity contribution in [1.82, 2.24) is 0 Å². The summed E-state index contributed by atoms with van der Waals surface area (Å²) in [5.74, 6) is 0. The Morgan fingerprint density at radius 1 is 1.70 bits per heavy atom. The number of aliphatic hydroxyl groups is 1. The summed E-state index contributed by atoms with van der Waals surface area (Å²) >= 11 is 0. The molecule has 0 aliphatic carbocycles. The van der Waals surface area contributed by atoms with Crippen LogP contribution in [0.4, 0.5) is 0 Å². The Morgan fingerprint density at radius 2 is 2.20 bits per heavy atom. The number of aliphatic hydroxyl groups excluding tert-OH is 1. The van der Waals surface area contributed by atoms with Crippen LogP contribution in [0.3, 0.4) is 0 Å². The summed E-state index contributed by atoms with van der Waals surface area (Å²) in [6, 6.07) is 0. The molecular formula is C7H13NO2. The fourth-order valence-electron chi connectivity index (χ4n) is 0.407. The third kappa shape index (κ3) is 2.29. The molecule has 0 aliphatic heterocycles. The van der Waals surface area contributed by atoms with Crippen molar-refractivity contribution in [3.63, 3.8) is 0 Å². The lowest BCUT2D eigenvalue weighted by Crippen LogP contribution is -2.26. The van der Waals surface area contributed by atoms with E-state index in [0.717, 1.165) is 6.42 Å². The zero-order valence-corrected chi connectivity index (χ0v) is 6.59. The second kappa shape index (κ2) is 3.49. The summed E-state index contributed by atoms with van der Waals surface area (Å²) in [7, 11) is 0. The lowest BCUT2D eigenvalue weighted by Gasteiger charge is -2.24. The highest BCUT2D eigenvalue weighted by Crippen LogP contribution is 2.24. The second-order valence-corrected chi connectivity index (χ2v) is 2.94. The average molecular weight is 143 g/mol. The SMILES string of the molecule is CCC(C)(C)C(O)N=C=O. The van der Waals surface area contributed by atoms with Gasteiger partial charge in [0.2, 0.25) is 6.08 Å². The molecule has 3 heteroatoms. The van der Waals surface area contributed by atoms with Crippen LogP contribution < -0.4 is 0 Å². The van der Waals surface area contributed by atoms with Gasteiger partial charge in [-0.1, -0.05) is 20.8 Å². The normalized spacial score (nSPS) is 14.0. The molecule has 0 bridgehead atoms. The molecule has 0 fully saturated rings. The standard InChI is InChI=1S/C7H13NO2/c1-4-7(2,3)6(10)8-5-9/h6,10H,4H2,1-3H3. The molecule has 58 valence electrons. The Balaban J connectivity index is 4.16. The van der Waals surface area contributed by atoms with Gasteiger partial charge in [-0.05, 0) is 6.42 Å². The Morgan fingerprint density at radius 3 is 2.50 bits per heavy atom. The highest BCUT2D eigenvalue weighted by atomic mass is 16.3. The maximum atomic E-state index is 9.73. The molecule has 0 saturated heterocycles. The molecule has 0 heterocycles. The smallest absolute Gasteiger partial charge is 0.237 e. The summed E-state index contributed by atoms with van der Waals surface area (Å²) in [5.41, 5.74) is -0.322. The molecule has 0 aromatic heterocycles. The minimum atomic E-state index is -0.921. The molecule has 0 rings (SSSR count). The molecule has 10 heavy (non-hydrogen) atoms. The number of rotatable bonds is 3. The number of aliphatic imine (C=N–C) groups is 1. The minimum Gasteiger partial charge on any atom is -0.370 e. The number of carbonyl (C=O) groups excluding carboxylic acids is 1. The Kier molecular flexibility index (Phi) is 3.26. The van der Waals surface area contributed by atoms with Crippen molar-refractivity contribution in [1.29, 1.82) is 0 Å². The predicted octanol–water partition coefficient (Wildman–Crippen LogP) is 1.08. The molecule has 0 aromatic carbocycles. The van der Waals surface area contributed by atoms with Gasteiger partial charge >= 0.3 is 0 Å². The van der Waals surface area contributed by atoms with E-state index in [1.807, 2.05) is 20.8 Å². The second-order valence-electron chi connectivity index (χ2n) is 2.94. The summed E-state index contributed by atoms with van der Waals surface area (Å²) in [5, 5.41) is 9.15. The van der Waals surface area contributed by atoms with Crippen LogP contribution in [0.2, 0.25) is 0 Å². The maximum Gasteiger partial charge on any atom is 0.237 e. The van der Waals surface area contributed by atoms with Crippen molar-refractivity contribution >= 4 is 6.08 Å². The van der Waals surface area contributed by atoms with Crippen molar-refractivity contribution in [2.75, 3.05) is 0 Å². The largest absolute Gasteiger partial charge is 0.370 e. The monoisotopic (exact) mass is 143 g/mol. The first-order valence-electron chi connectivity index (χ1n) is 3.29. The summed E-state index contributed by atoms with van der Waals surface area (Å²) < 4.78 is 0. The van der Waals surface area contributed by atoms with Crippen LogP contribution in [0, 0.1) is 5.41 Å². The van der Waals surface area contributed by atoms with Gasteiger partial charge in [-0.25, -0.2) is 4.79 Å². The molecule has 1 unspecified atom stereocenters. The fourth-order valence-corrected chi connectivity index (χ4v) is 0.407. The van der Waals surface area contributed by atoms with Gasteiger partial charge in [0.25, 0.3) is 0 Å². The molecule has 1 N–H and O–H groups in total. The van der Waals surface area contributed by atoms with E-state index in [1.54, 1.807) is 0 Å². The van der Waals surface area contributed by atoms with Crippen molar-refractivity contribution < 1.29 is 9.90 Å². The van der Waals surface area contributed by atoms with Gasteiger partial charge < -0.3 is 5.11 Å². The highest BCUT2D eigenvalue weighted by molar-refractivity contribution is 5.33. The van der Waals surface area contributed by atoms with E-state index in [9.17, 15) is 4.79 Å². The number of hydrogen-bond acceptors (Lipinski definition) is 3. The summed E-state index contributed by atoms with van der Waals surface area (Å²) in [4.78, 5) is 12.9. The van der Waals surface area contributed by atoms with Gasteiger partial charge in [0.15, 0.2) is 6.23 Å². The van der Waals surface area contributed by atoms with E-state index < -0.39 is 6.23 Å².